The van der Waals surface area contributed by atoms with Crippen molar-refractivity contribution in [2.75, 3.05) is 5.73 Å². The van der Waals surface area contributed by atoms with Gasteiger partial charge in [-0.15, -0.1) is 0 Å². The lowest BCUT2D eigenvalue weighted by Gasteiger charge is -1.96. The molecule has 0 spiro atoms. The number of hydrogen-bond acceptors (Lipinski definition) is 5. The van der Waals surface area contributed by atoms with Gasteiger partial charge in [0.1, 0.15) is 16.7 Å². The Balaban J connectivity index is 0.000000135. The van der Waals surface area contributed by atoms with Gasteiger partial charge in [-0.25, -0.2) is 4.85 Å². The minimum absolute atomic E-state index is 0.00806. The van der Waals surface area contributed by atoms with E-state index in [0.717, 1.165) is 27.1 Å². The predicted molar refractivity (Wildman–Crippen MR) is 125 cm³/mol. The lowest BCUT2D eigenvalue weighted by molar-refractivity contribution is -0.383. The number of nitrogens with two attached hydrogens (primary N) is 1. The van der Waals surface area contributed by atoms with Crippen LogP contribution in [-0.4, -0.2) is 4.92 Å². The van der Waals surface area contributed by atoms with Crippen molar-refractivity contribution in [1.29, 1.82) is 0 Å². The largest absolute Gasteiger partial charge is 0.455 e. The predicted octanol–water partition coefficient (Wildman–Crippen LogP) is 7.21. The van der Waals surface area contributed by atoms with Crippen LogP contribution in [0.25, 0.3) is 48.7 Å². The zero-order chi connectivity index (χ0) is 22.2. The number of nitrogens with zero attached hydrogens (tertiary/aromatic N) is 2. The fourth-order valence-corrected chi connectivity index (χ4v) is 3.77. The highest BCUT2D eigenvalue weighted by Gasteiger charge is 2.17. The summed E-state index contributed by atoms with van der Waals surface area (Å²) in [5.74, 6) is 0. The summed E-state index contributed by atoms with van der Waals surface area (Å²) in [6, 6.07) is 23.7. The molecule has 7 nitrogen and oxygen atoms in total. The highest BCUT2D eigenvalue weighted by molar-refractivity contribution is 6.10. The summed E-state index contributed by atoms with van der Waals surface area (Å²) >= 11 is 0. The van der Waals surface area contributed by atoms with Crippen molar-refractivity contribution in [3.8, 4) is 0 Å². The number of furan rings is 2. The molecule has 0 aliphatic rings. The van der Waals surface area contributed by atoms with Gasteiger partial charge in [0.2, 0.25) is 11.3 Å². The molecule has 0 saturated heterocycles. The van der Waals surface area contributed by atoms with Crippen LogP contribution in [0.1, 0.15) is 0 Å². The van der Waals surface area contributed by atoms with Gasteiger partial charge in [-0.1, -0.05) is 54.6 Å². The van der Waals surface area contributed by atoms with Gasteiger partial charge in [0.25, 0.3) is 0 Å². The first-order valence-corrected chi connectivity index (χ1v) is 9.70. The van der Waals surface area contributed by atoms with Crippen molar-refractivity contribution in [2.45, 2.75) is 0 Å². The van der Waals surface area contributed by atoms with Gasteiger partial charge < -0.3 is 14.6 Å². The third kappa shape index (κ3) is 2.99. The van der Waals surface area contributed by atoms with E-state index in [9.17, 15) is 10.1 Å². The minimum atomic E-state index is -0.426. The van der Waals surface area contributed by atoms with Crippen LogP contribution in [0.3, 0.4) is 0 Å². The van der Waals surface area contributed by atoms with Crippen molar-refractivity contribution in [3.05, 3.63) is 100 Å². The Morgan fingerprint density at radius 3 is 1.94 bits per heavy atom. The minimum Gasteiger partial charge on any atom is -0.455 e. The Labute approximate surface area is 181 Å². The molecule has 2 heterocycles. The van der Waals surface area contributed by atoms with Crippen molar-refractivity contribution in [1.82, 2.24) is 0 Å². The maximum Gasteiger partial charge on any atom is 0.312 e. The molecule has 7 heteroatoms. The van der Waals surface area contributed by atoms with Crippen LogP contribution in [0.15, 0.2) is 87.7 Å². The molecule has 0 unspecified atom stereocenters. The highest BCUT2D eigenvalue weighted by atomic mass is 16.6. The van der Waals surface area contributed by atoms with Crippen LogP contribution in [-0.2, 0) is 0 Å². The number of benzene rings is 4. The maximum atomic E-state index is 10.8. The summed E-state index contributed by atoms with van der Waals surface area (Å²) in [6.07, 6.45) is 0. The summed E-state index contributed by atoms with van der Waals surface area (Å²) in [6.45, 7) is 7.00. The zero-order valence-corrected chi connectivity index (χ0v) is 16.6. The van der Waals surface area contributed by atoms with Crippen LogP contribution < -0.4 is 5.73 Å². The van der Waals surface area contributed by atoms with Crippen LogP contribution >= 0.6 is 0 Å². The van der Waals surface area contributed by atoms with E-state index in [2.05, 4.69) is 4.85 Å². The van der Waals surface area contributed by atoms with E-state index in [1.165, 1.54) is 6.07 Å². The molecule has 6 rings (SSSR count). The number of nitro groups is 1. The molecular formula is C25H15N3O4. The van der Waals surface area contributed by atoms with E-state index in [4.69, 9.17) is 21.1 Å². The Morgan fingerprint density at radius 2 is 1.31 bits per heavy atom. The van der Waals surface area contributed by atoms with Gasteiger partial charge in [0.05, 0.1) is 17.2 Å². The van der Waals surface area contributed by atoms with Gasteiger partial charge in [-0.05, 0) is 18.2 Å². The molecular weight excluding hydrogens is 406 g/mol. The number of nitrogen functional groups attached to an aromatic ring is 1. The summed E-state index contributed by atoms with van der Waals surface area (Å²) < 4.78 is 11.2. The second kappa shape index (κ2) is 7.45. The van der Waals surface area contributed by atoms with E-state index in [1.54, 1.807) is 18.2 Å². The molecule has 32 heavy (non-hydrogen) atoms. The average Bonchev–Trinajstić information content (AvgIpc) is 3.38. The quantitative estimate of drug-likeness (QED) is 0.131. The third-order valence-electron chi connectivity index (χ3n) is 5.26. The lowest BCUT2D eigenvalue weighted by Crippen LogP contribution is -1.86. The van der Waals surface area contributed by atoms with E-state index in [-0.39, 0.29) is 5.69 Å². The Kier molecular flexibility index (Phi) is 4.46. The molecule has 0 aliphatic carbocycles. The summed E-state index contributed by atoms with van der Waals surface area (Å²) in [5.41, 5.74) is 9.17. The Morgan fingerprint density at radius 1 is 0.750 bits per heavy atom. The number of nitro benzene ring substituents is 1. The van der Waals surface area contributed by atoms with Gasteiger partial charge in [-0.2, -0.15) is 0 Å². The monoisotopic (exact) mass is 421 g/mol. The molecule has 0 fully saturated rings. The SMILES string of the molecule is O=[N+]([O-])c1cccc2c1oc1ccccc12.[C-]#[N+]c1ccc2c(oc3ccccc32)c1N. The van der Waals surface area contributed by atoms with E-state index in [0.29, 0.717) is 28.1 Å². The molecule has 0 bridgehead atoms. The molecule has 2 aromatic heterocycles. The summed E-state index contributed by atoms with van der Waals surface area (Å²) in [7, 11) is 0. The van der Waals surface area contributed by atoms with Gasteiger partial charge in [-0.3, -0.25) is 10.1 Å². The van der Waals surface area contributed by atoms with Crippen molar-refractivity contribution in [2.24, 2.45) is 0 Å². The molecule has 2 N–H and O–H groups in total. The maximum absolute atomic E-state index is 10.8. The Hall–Kier alpha value is -4.83. The van der Waals surface area contributed by atoms with Gasteiger partial charge in [0, 0.05) is 27.6 Å². The second-order valence-corrected chi connectivity index (χ2v) is 7.09. The number of fused-ring (bicyclic) bond motifs is 6. The first kappa shape index (κ1) is 19.2. The summed E-state index contributed by atoms with van der Waals surface area (Å²) in [5, 5.41) is 14.5. The zero-order valence-electron chi connectivity index (χ0n) is 16.6. The van der Waals surface area contributed by atoms with E-state index in [1.807, 2.05) is 54.6 Å². The number of hydrogen-bond donors (Lipinski definition) is 1. The van der Waals surface area contributed by atoms with Gasteiger partial charge >= 0.3 is 5.69 Å². The van der Waals surface area contributed by atoms with Crippen molar-refractivity contribution in [3.63, 3.8) is 0 Å². The average molecular weight is 421 g/mol. The molecule has 0 radical (unpaired) electrons. The fourth-order valence-electron chi connectivity index (χ4n) is 3.77. The first-order valence-electron chi connectivity index (χ1n) is 9.70. The topological polar surface area (TPSA) is 99.8 Å². The molecule has 0 atom stereocenters. The molecule has 6 aromatic rings. The van der Waals surface area contributed by atoms with Crippen molar-refractivity contribution >= 4 is 60.9 Å². The fraction of sp³-hybridized carbons (Fsp3) is 0. The highest BCUT2D eigenvalue weighted by Crippen LogP contribution is 2.37. The smallest absolute Gasteiger partial charge is 0.312 e. The number of non-ortho nitro benzene ring substituents is 1. The third-order valence-corrected chi connectivity index (χ3v) is 5.26. The van der Waals surface area contributed by atoms with Crippen LogP contribution in [0.5, 0.6) is 0 Å². The molecule has 4 aromatic carbocycles. The number of rotatable bonds is 1. The van der Waals surface area contributed by atoms with Gasteiger partial charge in [0.15, 0.2) is 0 Å². The number of para-hydroxylation sites is 3. The molecule has 0 amide bonds. The molecule has 154 valence electrons. The molecule has 0 aliphatic heterocycles. The Bertz CT molecular complexity index is 1690. The van der Waals surface area contributed by atoms with Crippen LogP contribution in [0.4, 0.5) is 17.1 Å². The standard InChI is InChI=1S/C13H8N2O.C12H7NO3/c1-15-10-7-6-9-8-4-2-3-5-11(8)16-13(9)12(10)14;14-13(15)10-6-3-5-9-8-4-1-2-7-11(8)16-12(9)10/h2-7H,14H2;1-7H. The second-order valence-electron chi connectivity index (χ2n) is 7.09. The van der Waals surface area contributed by atoms with E-state index >= 15 is 0 Å². The van der Waals surface area contributed by atoms with Crippen LogP contribution in [0.2, 0.25) is 0 Å². The van der Waals surface area contributed by atoms with Crippen LogP contribution in [0, 0.1) is 16.7 Å². The summed E-state index contributed by atoms with van der Waals surface area (Å²) in [4.78, 5) is 13.8. The lowest BCUT2D eigenvalue weighted by atomic mass is 10.1. The van der Waals surface area contributed by atoms with Crippen molar-refractivity contribution < 1.29 is 13.8 Å². The first-order chi connectivity index (χ1) is 15.6. The molecule has 0 saturated carbocycles. The number of anilines is 1. The van der Waals surface area contributed by atoms with E-state index < -0.39 is 4.92 Å². The normalized spacial score (nSPS) is 10.8.